The van der Waals surface area contributed by atoms with Gasteiger partial charge in [0.05, 0.1) is 6.04 Å². The molecule has 4 heteroatoms. The van der Waals surface area contributed by atoms with Crippen molar-refractivity contribution in [3.63, 3.8) is 0 Å². The number of nitrogens with one attached hydrogen (secondary N) is 1. The lowest BCUT2D eigenvalue weighted by molar-refractivity contribution is 0.472. The van der Waals surface area contributed by atoms with E-state index in [9.17, 15) is 5.11 Å². The molecule has 0 aliphatic carbocycles. The van der Waals surface area contributed by atoms with Gasteiger partial charge in [-0.05, 0) is 38.0 Å². The van der Waals surface area contributed by atoms with Crippen LogP contribution in [-0.4, -0.2) is 10.1 Å². The van der Waals surface area contributed by atoms with E-state index in [2.05, 4.69) is 31.1 Å². The summed E-state index contributed by atoms with van der Waals surface area (Å²) in [6.45, 7) is 6.40. The number of hydrogen-bond acceptors (Lipinski definition) is 4. The number of thiazole rings is 1. The molecule has 19 heavy (non-hydrogen) atoms. The Morgan fingerprint density at radius 2 is 1.89 bits per heavy atom. The number of aromatic nitrogens is 1. The minimum atomic E-state index is 0.226. The molecule has 2 atom stereocenters. The molecule has 0 aliphatic rings. The molecule has 102 valence electrons. The Kier molecular flexibility index (Phi) is 4.56. The van der Waals surface area contributed by atoms with Crippen molar-refractivity contribution in [1.29, 1.82) is 0 Å². The smallest absolute Gasteiger partial charge is 0.115 e. The Bertz CT molecular complexity index is 521. The van der Waals surface area contributed by atoms with E-state index in [0.29, 0.717) is 5.75 Å². The second-order valence-corrected chi connectivity index (χ2v) is 5.87. The van der Waals surface area contributed by atoms with Crippen LogP contribution >= 0.6 is 11.3 Å². The fourth-order valence-corrected chi connectivity index (χ4v) is 2.86. The first kappa shape index (κ1) is 14.0. The summed E-state index contributed by atoms with van der Waals surface area (Å²) in [5.74, 6) is 0.302. The molecule has 1 aromatic carbocycles. The van der Waals surface area contributed by atoms with E-state index in [-0.39, 0.29) is 12.1 Å². The number of aryl methyl sites for hydroxylation is 1. The van der Waals surface area contributed by atoms with Crippen LogP contribution in [0.2, 0.25) is 0 Å². The third-order valence-corrected chi connectivity index (χ3v) is 4.51. The number of nitrogens with zero attached hydrogens (tertiary/aromatic N) is 1. The summed E-state index contributed by atoms with van der Waals surface area (Å²) in [4.78, 5) is 5.78. The zero-order chi connectivity index (χ0) is 13.8. The molecule has 0 fully saturated rings. The van der Waals surface area contributed by atoms with E-state index in [4.69, 9.17) is 0 Å². The van der Waals surface area contributed by atoms with E-state index < -0.39 is 0 Å². The Morgan fingerprint density at radius 3 is 2.47 bits per heavy atom. The molecule has 0 bridgehead atoms. The number of phenols is 1. The predicted octanol–water partition coefficient (Wildman–Crippen LogP) is 3.82. The van der Waals surface area contributed by atoms with E-state index in [1.807, 2.05) is 18.3 Å². The third-order valence-electron chi connectivity index (χ3n) is 3.18. The summed E-state index contributed by atoms with van der Waals surface area (Å²) in [5.41, 5.74) is 1.16. The van der Waals surface area contributed by atoms with Crippen LogP contribution < -0.4 is 5.32 Å². The maximum Gasteiger partial charge on any atom is 0.115 e. The van der Waals surface area contributed by atoms with Crippen LogP contribution in [0.15, 0.2) is 30.5 Å². The van der Waals surface area contributed by atoms with Gasteiger partial charge in [-0.1, -0.05) is 19.1 Å². The van der Waals surface area contributed by atoms with Gasteiger partial charge in [0.25, 0.3) is 0 Å². The van der Waals surface area contributed by atoms with Crippen LogP contribution in [0, 0.1) is 0 Å². The minimum absolute atomic E-state index is 0.226. The lowest BCUT2D eigenvalue weighted by Gasteiger charge is -2.18. The number of phenolic OH excluding ortho intramolecular Hbond substituents is 1. The normalized spacial score (nSPS) is 14.3. The molecule has 3 nitrogen and oxygen atoms in total. The summed E-state index contributed by atoms with van der Waals surface area (Å²) in [6.07, 6.45) is 3.00. The second-order valence-electron chi connectivity index (χ2n) is 4.72. The van der Waals surface area contributed by atoms with E-state index in [0.717, 1.165) is 17.0 Å². The number of benzene rings is 1. The minimum Gasteiger partial charge on any atom is -0.508 e. The van der Waals surface area contributed by atoms with Crippen LogP contribution in [0.5, 0.6) is 5.75 Å². The highest BCUT2D eigenvalue weighted by Gasteiger charge is 2.14. The Morgan fingerprint density at radius 1 is 1.21 bits per heavy atom. The summed E-state index contributed by atoms with van der Waals surface area (Å²) >= 11 is 1.77. The van der Waals surface area contributed by atoms with Gasteiger partial charge in [-0.2, -0.15) is 0 Å². The average Bonchev–Trinajstić information content (AvgIpc) is 2.88. The van der Waals surface area contributed by atoms with Crippen molar-refractivity contribution >= 4 is 11.3 Å². The van der Waals surface area contributed by atoms with Crippen LogP contribution in [0.1, 0.15) is 48.3 Å². The van der Waals surface area contributed by atoms with Crippen molar-refractivity contribution in [3.8, 4) is 5.75 Å². The summed E-state index contributed by atoms with van der Waals surface area (Å²) in [7, 11) is 0. The van der Waals surface area contributed by atoms with Crippen molar-refractivity contribution in [2.45, 2.75) is 39.3 Å². The topological polar surface area (TPSA) is 45.2 Å². The van der Waals surface area contributed by atoms with E-state index in [1.54, 1.807) is 23.5 Å². The molecule has 1 aromatic heterocycles. The molecule has 0 aliphatic heterocycles. The van der Waals surface area contributed by atoms with E-state index >= 15 is 0 Å². The molecule has 2 unspecified atom stereocenters. The lowest BCUT2D eigenvalue weighted by Crippen LogP contribution is -2.22. The van der Waals surface area contributed by atoms with Crippen molar-refractivity contribution in [1.82, 2.24) is 10.3 Å². The summed E-state index contributed by atoms with van der Waals surface area (Å²) < 4.78 is 0. The molecule has 2 aromatic rings. The Labute approximate surface area is 118 Å². The maximum atomic E-state index is 9.30. The van der Waals surface area contributed by atoms with Gasteiger partial charge in [-0.15, -0.1) is 11.3 Å². The van der Waals surface area contributed by atoms with E-state index in [1.165, 1.54) is 4.88 Å². The van der Waals surface area contributed by atoms with Gasteiger partial charge in [-0.3, -0.25) is 0 Å². The van der Waals surface area contributed by atoms with Gasteiger partial charge in [-0.25, -0.2) is 4.98 Å². The Balaban J connectivity index is 2.01. The van der Waals surface area contributed by atoms with Gasteiger partial charge >= 0.3 is 0 Å². The Hall–Kier alpha value is -1.39. The fourth-order valence-electron chi connectivity index (χ4n) is 1.99. The number of rotatable bonds is 5. The molecular weight excluding hydrogens is 256 g/mol. The molecular formula is C15H20N2OS. The summed E-state index contributed by atoms with van der Waals surface area (Å²) in [6, 6.07) is 7.78. The first-order chi connectivity index (χ1) is 9.10. The highest BCUT2D eigenvalue weighted by Crippen LogP contribution is 2.24. The van der Waals surface area contributed by atoms with Gasteiger partial charge in [0, 0.05) is 17.1 Å². The van der Waals surface area contributed by atoms with Gasteiger partial charge < -0.3 is 10.4 Å². The first-order valence-corrected chi connectivity index (χ1v) is 7.41. The molecule has 1 heterocycles. The van der Waals surface area contributed by atoms with Gasteiger partial charge in [0.15, 0.2) is 0 Å². The molecule has 0 amide bonds. The van der Waals surface area contributed by atoms with Crippen LogP contribution in [0.4, 0.5) is 0 Å². The summed E-state index contributed by atoms with van der Waals surface area (Å²) in [5, 5.41) is 14.0. The standard InChI is InChI=1S/C15H20N2OS/c1-4-14-9-16-15(19-14)11(3)17-10(2)12-5-7-13(18)8-6-12/h5-11,17-18H,4H2,1-3H3. The fraction of sp³-hybridized carbons (Fsp3) is 0.400. The molecule has 0 saturated carbocycles. The second kappa shape index (κ2) is 6.17. The zero-order valence-corrected chi connectivity index (χ0v) is 12.4. The predicted molar refractivity (Wildman–Crippen MR) is 79.6 cm³/mol. The largest absolute Gasteiger partial charge is 0.508 e. The van der Waals surface area contributed by atoms with Crippen molar-refractivity contribution in [2.75, 3.05) is 0 Å². The van der Waals surface area contributed by atoms with Crippen LogP contribution in [0.3, 0.4) is 0 Å². The maximum absolute atomic E-state index is 9.30. The van der Waals surface area contributed by atoms with Crippen LogP contribution in [-0.2, 0) is 6.42 Å². The molecule has 0 saturated heterocycles. The quantitative estimate of drug-likeness (QED) is 0.872. The molecule has 2 N–H and O–H groups in total. The zero-order valence-electron chi connectivity index (χ0n) is 11.6. The number of hydrogen-bond donors (Lipinski definition) is 2. The van der Waals surface area contributed by atoms with Crippen molar-refractivity contribution < 1.29 is 5.11 Å². The van der Waals surface area contributed by atoms with Gasteiger partial charge in [0.1, 0.15) is 10.8 Å². The van der Waals surface area contributed by atoms with Crippen LogP contribution in [0.25, 0.3) is 0 Å². The highest BCUT2D eigenvalue weighted by molar-refractivity contribution is 7.11. The van der Waals surface area contributed by atoms with Crippen molar-refractivity contribution in [3.05, 3.63) is 45.9 Å². The average molecular weight is 276 g/mol. The first-order valence-electron chi connectivity index (χ1n) is 6.59. The van der Waals surface area contributed by atoms with Crippen molar-refractivity contribution in [2.24, 2.45) is 0 Å². The highest BCUT2D eigenvalue weighted by atomic mass is 32.1. The number of aromatic hydroxyl groups is 1. The third kappa shape index (κ3) is 3.55. The molecule has 2 rings (SSSR count). The SMILES string of the molecule is CCc1cnc(C(C)NC(C)c2ccc(O)cc2)s1. The monoisotopic (exact) mass is 276 g/mol. The van der Waals surface area contributed by atoms with Gasteiger partial charge in [0.2, 0.25) is 0 Å². The molecule has 0 radical (unpaired) electrons. The lowest BCUT2D eigenvalue weighted by atomic mass is 10.1. The molecule has 0 spiro atoms.